The molecule has 1 unspecified atom stereocenters. The number of hydrogen-bond acceptors (Lipinski definition) is 6. The highest BCUT2D eigenvalue weighted by atomic mass is 16.5. The summed E-state index contributed by atoms with van der Waals surface area (Å²) >= 11 is 0. The molecule has 4 rings (SSSR count). The first kappa shape index (κ1) is 23.2. The predicted molar refractivity (Wildman–Crippen MR) is 126 cm³/mol. The van der Waals surface area contributed by atoms with Crippen LogP contribution in [0.3, 0.4) is 0 Å². The van der Waals surface area contributed by atoms with Crippen molar-refractivity contribution < 1.29 is 28.6 Å². The van der Waals surface area contributed by atoms with Crippen molar-refractivity contribution in [1.82, 2.24) is 4.90 Å². The quantitative estimate of drug-likeness (QED) is 0.302. The van der Waals surface area contributed by atoms with Gasteiger partial charge < -0.3 is 23.9 Å². The number of furan rings is 1. The zero-order valence-electron chi connectivity index (χ0n) is 19.6. The van der Waals surface area contributed by atoms with Crippen LogP contribution < -0.4 is 9.47 Å². The van der Waals surface area contributed by atoms with E-state index in [0.717, 1.165) is 11.1 Å². The average molecular weight is 462 g/mol. The number of rotatable bonds is 7. The molecular weight excluding hydrogens is 434 g/mol. The predicted octanol–water partition coefficient (Wildman–Crippen LogP) is 5.01. The zero-order valence-corrected chi connectivity index (χ0v) is 19.6. The topological polar surface area (TPSA) is 89.2 Å². The third-order valence-electron chi connectivity index (χ3n) is 5.65. The lowest BCUT2D eigenvalue weighted by molar-refractivity contribution is -0.140. The highest BCUT2D eigenvalue weighted by Gasteiger charge is 2.47. The Hall–Kier alpha value is -4.00. The Morgan fingerprint density at radius 3 is 2.56 bits per heavy atom. The van der Waals surface area contributed by atoms with Gasteiger partial charge >= 0.3 is 0 Å². The number of hydrogen-bond donors (Lipinski definition) is 1. The Morgan fingerprint density at radius 2 is 1.91 bits per heavy atom. The van der Waals surface area contributed by atoms with Gasteiger partial charge in [-0.15, -0.1) is 0 Å². The summed E-state index contributed by atoms with van der Waals surface area (Å²) in [5.41, 5.74) is 1.99. The smallest absolute Gasteiger partial charge is 0.296 e. The average Bonchev–Trinajstić information content (AvgIpc) is 3.42. The normalized spacial score (nSPS) is 17.4. The Kier molecular flexibility index (Phi) is 6.45. The van der Waals surface area contributed by atoms with Crippen molar-refractivity contribution in [2.45, 2.75) is 39.5 Å². The fraction of sp³-hybridized carbons (Fsp3) is 0.259. The SMILES string of the molecule is COc1cccc(CN2C(=O)C(=O)/C(=C(\O)c3ccc(OC(C)C)c(C)c3)C2c2ccco2)c1. The second-order valence-corrected chi connectivity index (χ2v) is 8.44. The van der Waals surface area contributed by atoms with Gasteiger partial charge in [0.1, 0.15) is 29.1 Å². The first-order valence-electron chi connectivity index (χ1n) is 11.0. The lowest BCUT2D eigenvalue weighted by Gasteiger charge is -2.23. The van der Waals surface area contributed by atoms with Gasteiger partial charge in [-0.3, -0.25) is 9.59 Å². The molecule has 1 fully saturated rings. The fourth-order valence-corrected chi connectivity index (χ4v) is 4.09. The number of Topliss-reactive ketones (excluding diaryl/α,β-unsaturated/α-hetero) is 1. The van der Waals surface area contributed by atoms with Gasteiger partial charge in [0.25, 0.3) is 11.7 Å². The molecule has 3 aromatic rings. The maximum atomic E-state index is 13.1. The number of aliphatic hydroxyl groups is 1. The van der Waals surface area contributed by atoms with Crippen LogP contribution in [0.1, 0.15) is 42.3 Å². The molecule has 1 saturated heterocycles. The summed E-state index contributed by atoms with van der Waals surface area (Å²) in [6, 6.07) is 14.9. The van der Waals surface area contributed by atoms with Crippen LogP contribution in [0.15, 0.2) is 70.9 Å². The molecule has 1 N–H and O–H groups in total. The summed E-state index contributed by atoms with van der Waals surface area (Å²) < 4.78 is 16.6. The number of aryl methyl sites for hydroxylation is 1. The van der Waals surface area contributed by atoms with Crippen molar-refractivity contribution in [2.24, 2.45) is 0 Å². The van der Waals surface area contributed by atoms with Gasteiger partial charge in [0.05, 0.1) is 25.1 Å². The largest absolute Gasteiger partial charge is 0.507 e. The summed E-state index contributed by atoms with van der Waals surface area (Å²) in [6.07, 6.45) is 1.47. The maximum Gasteiger partial charge on any atom is 0.296 e. The number of likely N-dealkylation sites (tertiary alicyclic amines) is 1. The summed E-state index contributed by atoms with van der Waals surface area (Å²) in [6.45, 7) is 5.87. The van der Waals surface area contributed by atoms with E-state index in [2.05, 4.69) is 0 Å². The molecule has 2 aromatic carbocycles. The molecule has 7 nitrogen and oxygen atoms in total. The second-order valence-electron chi connectivity index (χ2n) is 8.44. The molecular formula is C27H27NO6. The molecule has 0 saturated carbocycles. The summed E-state index contributed by atoms with van der Waals surface area (Å²) in [5, 5.41) is 11.2. The zero-order chi connectivity index (χ0) is 24.4. The first-order valence-corrected chi connectivity index (χ1v) is 11.0. The number of nitrogens with zero attached hydrogens (tertiary/aromatic N) is 1. The Bertz CT molecular complexity index is 1240. The van der Waals surface area contributed by atoms with E-state index in [4.69, 9.17) is 13.9 Å². The molecule has 1 amide bonds. The number of methoxy groups -OCH3 is 1. The Morgan fingerprint density at radius 1 is 1.12 bits per heavy atom. The van der Waals surface area contributed by atoms with Crippen LogP contribution in [-0.4, -0.2) is 34.9 Å². The third-order valence-corrected chi connectivity index (χ3v) is 5.65. The lowest BCUT2D eigenvalue weighted by atomic mass is 9.98. The Balaban J connectivity index is 1.78. The van der Waals surface area contributed by atoms with Gasteiger partial charge in [0, 0.05) is 12.1 Å². The van der Waals surface area contributed by atoms with Crippen molar-refractivity contribution in [1.29, 1.82) is 0 Å². The van der Waals surface area contributed by atoms with Crippen LogP contribution in [0.25, 0.3) is 5.76 Å². The minimum atomic E-state index is -0.868. The van der Waals surface area contributed by atoms with E-state index >= 15 is 0 Å². The molecule has 0 aliphatic carbocycles. The van der Waals surface area contributed by atoms with E-state index < -0.39 is 17.7 Å². The lowest BCUT2D eigenvalue weighted by Crippen LogP contribution is -2.29. The number of aliphatic hydroxyl groups excluding tert-OH is 1. The summed E-state index contributed by atoms with van der Waals surface area (Å²) in [5.74, 6) is -0.00754. The molecule has 7 heteroatoms. The van der Waals surface area contributed by atoms with Gasteiger partial charge in [-0.25, -0.2) is 0 Å². The highest BCUT2D eigenvalue weighted by molar-refractivity contribution is 6.46. The molecule has 176 valence electrons. The van der Waals surface area contributed by atoms with Crippen LogP contribution in [0.4, 0.5) is 0 Å². The van der Waals surface area contributed by atoms with Crippen LogP contribution >= 0.6 is 0 Å². The van der Waals surface area contributed by atoms with Crippen molar-refractivity contribution in [3.05, 3.63) is 88.9 Å². The number of carbonyl (C=O) groups is 2. The third kappa shape index (κ3) is 4.41. The molecule has 2 heterocycles. The molecule has 0 radical (unpaired) electrons. The van der Waals surface area contributed by atoms with Crippen LogP contribution in [-0.2, 0) is 16.1 Å². The van der Waals surface area contributed by atoms with Gasteiger partial charge in [-0.2, -0.15) is 0 Å². The second kappa shape index (κ2) is 9.47. The summed E-state index contributed by atoms with van der Waals surface area (Å²) in [4.78, 5) is 27.7. The first-order chi connectivity index (χ1) is 16.3. The minimum absolute atomic E-state index is 0.000894. The van der Waals surface area contributed by atoms with Crippen LogP contribution in [0, 0.1) is 6.92 Å². The van der Waals surface area contributed by atoms with Gasteiger partial charge in [0.2, 0.25) is 0 Å². The van der Waals surface area contributed by atoms with Gasteiger partial charge in [0.15, 0.2) is 0 Å². The van der Waals surface area contributed by atoms with Gasteiger partial charge in [-0.05, 0) is 74.4 Å². The molecule has 1 aliphatic rings. The standard InChI is InChI=1S/C27H27NO6/c1-16(2)34-21-11-10-19(13-17(21)3)25(29)23-24(22-9-6-12-33-22)28(27(31)26(23)30)15-18-7-5-8-20(14-18)32-4/h5-14,16,24,29H,15H2,1-4H3/b25-23-. The van der Waals surface area contributed by atoms with Crippen LogP contribution in [0.2, 0.25) is 0 Å². The number of carbonyl (C=O) groups excluding carboxylic acids is 2. The highest BCUT2D eigenvalue weighted by Crippen LogP contribution is 2.41. The number of ketones is 1. The van der Waals surface area contributed by atoms with Crippen molar-refractivity contribution in [3.63, 3.8) is 0 Å². The number of ether oxygens (including phenoxy) is 2. The fourth-order valence-electron chi connectivity index (χ4n) is 4.09. The molecule has 1 aromatic heterocycles. The molecule has 0 spiro atoms. The van der Waals surface area contributed by atoms with Crippen molar-refractivity contribution in [2.75, 3.05) is 7.11 Å². The number of amides is 1. The van der Waals surface area contributed by atoms with Crippen molar-refractivity contribution in [3.8, 4) is 11.5 Å². The molecule has 34 heavy (non-hydrogen) atoms. The Labute approximate surface area is 198 Å². The molecule has 1 aliphatic heterocycles. The van der Waals surface area contributed by atoms with E-state index in [9.17, 15) is 14.7 Å². The monoisotopic (exact) mass is 461 g/mol. The molecule has 1 atom stereocenters. The van der Waals surface area contributed by atoms with E-state index in [0.29, 0.717) is 22.8 Å². The van der Waals surface area contributed by atoms with Gasteiger partial charge in [-0.1, -0.05) is 12.1 Å². The van der Waals surface area contributed by atoms with E-state index in [-0.39, 0.29) is 24.0 Å². The summed E-state index contributed by atoms with van der Waals surface area (Å²) in [7, 11) is 1.56. The number of benzene rings is 2. The van der Waals surface area contributed by atoms with E-state index in [1.54, 1.807) is 49.6 Å². The van der Waals surface area contributed by atoms with Crippen molar-refractivity contribution >= 4 is 17.4 Å². The van der Waals surface area contributed by atoms with Crippen LogP contribution in [0.5, 0.6) is 11.5 Å². The van der Waals surface area contributed by atoms with E-state index in [1.165, 1.54) is 11.2 Å². The molecule has 0 bridgehead atoms. The minimum Gasteiger partial charge on any atom is -0.507 e. The maximum absolute atomic E-state index is 13.1. The van der Waals surface area contributed by atoms with E-state index in [1.807, 2.05) is 32.9 Å².